The van der Waals surface area contributed by atoms with Gasteiger partial charge in [-0.15, -0.1) is 0 Å². The lowest BCUT2D eigenvalue weighted by Crippen LogP contribution is -1.75. The lowest BCUT2D eigenvalue weighted by Gasteiger charge is -1.69. The van der Waals surface area contributed by atoms with Crippen LogP contribution in [-0.4, -0.2) is 4.98 Å². The van der Waals surface area contributed by atoms with Gasteiger partial charge in [-0.2, -0.15) is 0 Å². The molecule has 0 atom stereocenters. The minimum Gasteiger partial charge on any atom is -0.398 e. The van der Waals surface area contributed by atoms with Crippen molar-refractivity contribution in [2.45, 2.75) is 13.8 Å². The van der Waals surface area contributed by atoms with Gasteiger partial charge >= 0.3 is 0 Å². The van der Waals surface area contributed by atoms with Crippen LogP contribution >= 0.6 is 0 Å². The highest BCUT2D eigenvalue weighted by molar-refractivity contribution is 5.32. The molecule has 0 unspecified atom stereocenters. The first kappa shape index (κ1) is 7.08. The van der Waals surface area contributed by atoms with E-state index in [4.69, 9.17) is 5.73 Å². The Balaban J connectivity index is 0.000000222. The van der Waals surface area contributed by atoms with Crippen LogP contribution in [-0.2, 0) is 0 Å². The van der Waals surface area contributed by atoms with E-state index >= 15 is 0 Å². The highest BCUT2D eigenvalue weighted by Gasteiger charge is 1.73. The van der Waals surface area contributed by atoms with Gasteiger partial charge in [-0.25, -0.2) is 0 Å². The van der Waals surface area contributed by atoms with E-state index in [2.05, 4.69) is 4.98 Å². The number of nitrogens with two attached hydrogens (primary N) is 1. The van der Waals surface area contributed by atoms with Crippen molar-refractivity contribution < 1.29 is 0 Å². The minimum absolute atomic E-state index is 0.787. The number of anilines is 1. The van der Waals surface area contributed by atoms with E-state index in [1.54, 1.807) is 18.5 Å². The van der Waals surface area contributed by atoms with E-state index in [0.717, 1.165) is 5.69 Å². The van der Waals surface area contributed by atoms with E-state index in [-0.39, 0.29) is 0 Å². The van der Waals surface area contributed by atoms with Crippen molar-refractivity contribution >= 4 is 5.69 Å². The Morgan fingerprint density at radius 3 is 2.25 bits per heavy atom. The molecule has 46 valence electrons. The first-order valence-electron chi connectivity index (χ1n) is 2.78. The number of hydrogen-bond donors (Lipinski definition) is 2. The maximum Gasteiger partial charge on any atom is 0.0491 e. The SMILES string of the molecule is CC.Nc1cc[nH]c1. The zero-order valence-corrected chi connectivity index (χ0v) is 5.31. The molecule has 0 aliphatic heterocycles. The number of hydrogen-bond acceptors (Lipinski definition) is 1. The molecule has 0 saturated carbocycles. The first-order valence-corrected chi connectivity index (χ1v) is 2.78. The fourth-order valence-electron chi connectivity index (χ4n) is 0.337. The van der Waals surface area contributed by atoms with Gasteiger partial charge in [0.05, 0.1) is 0 Å². The smallest absolute Gasteiger partial charge is 0.0491 e. The molecule has 2 nitrogen and oxygen atoms in total. The molecule has 0 spiro atoms. The number of aromatic nitrogens is 1. The van der Waals surface area contributed by atoms with Crippen LogP contribution in [0.15, 0.2) is 18.5 Å². The van der Waals surface area contributed by atoms with E-state index in [1.165, 1.54) is 0 Å². The Bertz CT molecular complexity index is 110. The molecular formula is C6H12N2. The molecule has 0 aliphatic carbocycles. The van der Waals surface area contributed by atoms with Crippen LogP contribution in [0.25, 0.3) is 0 Å². The predicted octanol–water partition coefficient (Wildman–Crippen LogP) is 1.62. The predicted molar refractivity (Wildman–Crippen MR) is 36.6 cm³/mol. The molecule has 0 fully saturated rings. The van der Waals surface area contributed by atoms with Gasteiger partial charge in [-0.05, 0) is 6.07 Å². The van der Waals surface area contributed by atoms with Gasteiger partial charge in [-0.3, -0.25) is 0 Å². The Morgan fingerprint density at radius 2 is 2.12 bits per heavy atom. The van der Waals surface area contributed by atoms with Crippen molar-refractivity contribution in [3.63, 3.8) is 0 Å². The lowest BCUT2D eigenvalue weighted by atomic mass is 10.6. The topological polar surface area (TPSA) is 41.8 Å². The van der Waals surface area contributed by atoms with E-state index < -0.39 is 0 Å². The zero-order valence-electron chi connectivity index (χ0n) is 5.31. The van der Waals surface area contributed by atoms with Gasteiger partial charge in [0.25, 0.3) is 0 Å². The molecule has 8 heavy (non-hydrogen) atoms. The van der Waals surface area contributed by atoms with Crippen molar-refractivity contribution in [3.05, 3.63) is 18.5 Å². The van der Waals surface area contributed by atoms with E-state index in [1.807, 2.05) is 13.8 Å². The van der Waals surface area contributed by atoms with Gasteiger partial charge in [0, 0.05) is 18.1 Å². The Morgan fingerprint density at radius 1 is 1.50 bits per heavy atom. The molecule has 1 rings (SSSR count). The second kappa shape index (κ2) is 4.24. The van der Waals surface area contributed by atoms with Crippen LogP contribution in [0.5, 0.6) is 0 Å². The van der Waals surface area contributed by atoms with Crippen molar-refractivity contribution in [2.24, 2.45) is 0 Å². The van der Waals surface area contributed by atoms with Gasteiger partial charge in [-0.1, -0.05) is 13.8 Å². The Kier molecular flexibility index (Phi) is 3.76. The van der Waals surface area contributed by atoms with Crippen LogP contribution < -0.4 is 5.73 Å². The summed E-state index contributed by atoms with van der Waals surface area (Å²) in [6.07, 6.45) is 3.52. The fraction of sp³-hybridized carbons (Fsp3) is 0.333. The summed E-state index contributed by atoms with van der Waals surface area (Å²) >= 11 is 0. The molecule has 1 heterocycles. The molecule has 0 aromatic carbocycles. The quantitative estimate of drug-likeness (QED) is 0.526. The van der Waals surface area contributed by atoms with Crippen molar-refractivity contribution in [3.8, 4) is 0 Å². The van der Waals surface area contributed by atoms with Gasteiger partial charge in [0.1, 0.15) is 0 Å². The molecule has 1 aromatic heterocycles. The summed E-state index contributed by atoms with van der Waals surface area (Å²) in [7, 11) is 0. The largest absolute Gasteiger partial charge is 0.398 e. The molecule has 0 bridgehead atoms. The second-order valence-electron chi connectivity index (χ2n) is 1.14. The molecule has 0 radical (unpaired) electrons. The summed E-state index contributed by atoms with van der Waals surface area (Å²) in [5.74, 6) is 0. The summed E-state index contributed by atoms with van der Waals surface area (Å²) in [6.45, 7) is 4.00. The van der Waals surface area contributed by atoms with Crippen LogP contribution in [0.1, 0.15) is 13.8 Å². The maximum atomic E-state index is 5.25. The molecule has 3 N–H and O–H groups in total. The number of H-pyrrole nitrogens is 1. The third-order valence-corrected chi connectivity index (χ3v) is 0.622. The number of rotatable bonds is 0. The summed E-state index contributed by atoms with van der Waals surface area (Å²) in [5.41, 5.74) is 6.03. The Hall–Kier alpha value is -0.920. The average Bonchev–Trinajstić information content (AvgIpc) is 2.24. The first-order chi connectivity index (χ1) is 3.89. The third kappa shape index (κ3) is 2.29. The summed E-state index contributed by atoms with van der Waals surface area (Å²) in [4.78, 5) is 2.80. The molecule has 0 aliphatic rings. The Labute approximate surface area is 49.7 Å². The van der Waals surface area contributed by atoms with Crippen LogP contribution in [0.3, 0.4) is 0 Å². The van der Waals surface area contributed by atoms with Gasteiger partial charge in [0.2, 0.25) is 0 Å². The zero-order chi connectivity index (χ0) is 6.41. The standard InChI is InChI=1S/C4H6N2.C2H6/c5-4-1-2-6-3-4;1-2/h1-3,6H,5H2;1-2H3. The van der Waals surface area contributed by atoms with E-state index in [9.17, 15) is 0 Å². The van der Waals surface area contributed by atoms with Crippen LogP contribution in [0.2, 0.25) is 0 Å². The lowest BCUT2D eigenvalue weighted by molar-refractivity contribution is 1.42. The minimum atomic E-state index is 0.787. The average molecular weight is 112 g/mol. The van der Waals surface area contributed by atoms with Crippen LogP contribution in [0.4, 0.5) is 5.69 Å². The number of nitrogen functional groups attached to an aromatic ring is 1. The normalized spacial score (nSPS) is 7.25. The van der Waals surface area contributed by atoms with E-state index in [0.29, 0.717) is 0 Å². The van der Waals surface area contributed by atoms with Crippen molar-refractivity contribution in [2.75, 3.05) is 5.73 Å². The summed E-state index contributed by atoms with van der Waals surface area (Å²) < 4.78 is 0. The molecule has 2 heteroatoms. The van der Waals surface area contributed by atoms with Crippen molar-refractivity contribution in [1.29, 1.82) is 0 Å². The van der Waals surface area contributed by atoms with Crippen LogP contribution in [0, 0.1) is 0 Å². The van der Waals surface area contributed by atoms with Gasteiger partial charge < -0.3 is 10.7 Å². The number of nitrogens with one attached hydrogen (secondary N) is 1. The highest BCUT2D eigenvalue weighted by atomic mass is 14.7. The second-order valence-corrected chi connectivity index (χ2v) is 1.14. The third-order valence-electron chi connectivity index (χ3n) is 0.622. The summed E-state index contributed by atoms with van der Waals surface area (Å²) in [5, 5.41) is 0. The monoisotopic (exact) mass is 112 g/mol. The molecule has 0 amide bonds. The number of aromatic amines is 1. The fourth-order valence-corrected chi connectivity index (χ4v) is 0.337. The molecular weight excluding hydrogens is 100 g/mol. The highest BCUT2D eigenvalue weighted by Crippen LogP contribution is 1.92. The molecule has 0 saturated heterocycles. The van der Waals surface area contributed by atoms with Crippen molar-refractivity contribution in [1.82, 2.24) is 4.98 Å². The van der Waals surface area contributed by atoms with Gasteiger partial charge in [0.15, 0.2) is 0 Å². The molecule has 1 aromatic rings. The summed E-state index contributed by atoms with van der Waals surface area (Å²) in [6, 6.07) is 1.81. The maximum absolute atomic E-state index is 5.25.